The van der Waals surface area contributed by atoms with Crippen molar-refractivity contribution in [1.82, 2.24) is 0 Å². The van der Waals surface area contributed by atoms with Gasteiger partial charge in [0.15, 0.2) is 5.92 Å². The van der Waals surface area contributed by atoms with Crippen LogP contribution in [0.1, 0.15) is 5.56 Å². The lowest BCUT2D eigenvalue weighted by Crippen LogP contribution is -2.38. The van der Waals surface area contributed by atoms with E-state index >= 15 is 0 Å². The molecule has 0 aliphatic rings. The van der Waals surface area contributed by atoms with E-state index < -0.39 is 24.7 Å². The Hall–Kier alpha value is -1.72. The predicted octanol–water partition coefficient (Wildman–Crippen LogP) is 5.12. The van der Waals surface area contributed by atoms with Crippen LogP contribution in [-0.4, -0.2) is 12.4 Å². The Kier molecular flexibility index (Phi) is 3.67. The van der Waals surface area contributed by atoms with Crippen molar-refractivity contribution in [3.63, 3.8) is 0 Å². The Morgan fingerprint density at radius 3 is 1.90 bits per heavy atom. The summed E-state index contributed by atoms with van der Waals surface area (Å²) in [5.41, 5.74) is 0.0442. The van der Waals surface area contributed by atoms with E-state index in [9.17, 15) is 26.3 Å². The third-order valence-corrected chi connectivity index (χ3v) is 3.09. The van der Waals surface area contributed by atoms with Gasteiger partial charge in [0.05, 0.1) is 0 Å². The van der Waals surface area contributed by atoms with Crippen LogP contribution in [0.15, 0.2) is 42.5 Å². The van der Waals surface area contributed by atoms with Gasteiger partial charge in [0.1, 0.15) is 0 Å². The van der Waals surface area contributed by atoms with Crippen LogP contribution >= 0.6 is 0 Å². The molecule has 0 heterocycles. The number of halogens is 6. The first kappa shape index (κ1) is 14.7. The second-order valence-electron chi connectivity index (χ2n) is 4.48. The average molecular weight is 292 g/mol. The molecule has 0 atom stereocenters. The monoisotopic (exact) mass is 292 g/mol. The van der Waals surface area contributed by atoms with Crippen molar-refractivity contribution >= 4 is 10.8 Å². The molecular formula is C14H10F6. The first-order valence-electron chi connectivity index (χ1n) is 5.79. The number of rotatable bonds is 2. The van der Waals surface area contributed by atoms with Crippen molar-refractivity contribution in [2.75, 3.05) is 0 Å². The zero-order valence-corrected chi connectivity index (χ0v) is 10.1. The zero-order chi connectivity index (χ0) is 15.0. The fourth-order valence-electron chi connectivity index (χ4n) is 2.11. The highest BCUT2D eigenvalue weighted by atomic mass is 19.4. The van der Waals surface area contributed by atoms with Gasteiger partial charge >= 0.3 is 12.4 Å². The topological polar surface area (TPSA) is 0 Å². The molecule has 6 heteroatoms. The average Bonchev–Trinajstić information content (AvgIpc) is 2.33. The van der Waals surface area contributed by atoms with Gasteiger partial charge in [-0.2, -0.15) is 26.3 Å². The van der Waals surface area contributed by atoms with E-state index in [1.54, 1.807) is 24.3 Å². The molecule has 20 heavy (non-hydrogen) atoms. The molecule has 0 N–H and O–H groups in total. The van der Waals surface area contributed by atoms with Crippen molar-refractivity contribution < 1.29 is 26.3 Å². The molecule has 0 aliphatic carbocycles. The minimum absolute atomic E-state index is 0.0442. The first-order chi connectivity index (χ1) is 9.19. The van der Waals surface area contributed by atoms with Crippen molar-refractivity contribution in [2.24, 2.45) is 5.92 Å². The van der Waals surface area contributed by atoms with Crippen LogP contribution in [0.3, 0.4) is 0 Å². The number of alkyl halides is 6. The highest BCUT2D eigenvalue weighted by Gasteiger charge is 2.56. The lowest BCUT2D eigenvalue weighted by molar-refractivity contribution is -0.283. The third-order valence-electron chi connectivity index (χ3n) is 3.09. The minimum Gasteiger partial charge on any atom is -0.170 e. The minimum atomic E-state index is -5.31. The van der Waals surface area contributed by atoms with Crippen molar-refractivity contribution in [3.8, 4) is 0 Å². The third kappa shape index (κ3) is 3.05. The summed E-state index contributed by atoms with van der Waals surface area (Å²) >= 11 is 0. The normalized spacial score (nSPS) is 13.2. The number of fused-ring (bicyclic) bond motifs is 1. The van der Waals surface area contributed by atoms with E-state index in [1.165, 1.54) is 18.2 Å². The van der Waals surface area contributed by atoms with E-state index in [2.05, 4.69) is 0 Å². The Bertz CT molecular complexity index is 577. The van der Waals surface area contributed by atoms with E-state index in [0.717, 1.165) is 0 Å². The van der Waals surface area contributed by atoms with Crippen LogP contribution in [0, 0.1) is 5.92 Å². The Morgan fingerprint density at radius 2 is 1.30 bits per heavy atom. The summed E-state index contributed by atoms with van der Waals surface area (Å²) in [6.45, 7) is 0. The van der Waals surface area contributed by atoms with Crippen LogP contribution in [0.2, 0.25) is 0 Å². The molecule has 0 aromatic heterocycles. The summed E-state index contributed by atoms with van der Waals surface area (Å²) in [7, 11) is 0. The largest absolute Gasteiger partial charge is 0.400 e. The second-order valence-corrected chi connectivity index (χ2v) is 4.48. The van der Waals surface area contributed by atoms with Crippen LogP contribution in [0.25, 0.3) is 10.8 Å². The molecule has 0 saturated heterocycles. The van der Waals surface area contributed by atoms with Crippen molar-refractivity contribution in [2.45, 2.75) is 18.8 Å². The molecule has 0 bridgehead atoms. The summed E-state index contributed by atoms with van der Waals surface area (Å²) in [5, 5.41) is 1.03. The molecule has 0 spiro atoms. The summed E-state index contributed by atoms with van der Waals surface area (Å²) in [6.07, 6.45) is -11.7. The fourth-order valence-corrected chi connectivity index (χ4v) is 2.11. The Morgan fingerprint density at radius 1 is 0.750 bits per heavy atom. The van der Waals surface area contributed by atoms with E-state index in [0.29, 0.717) is 10.8 Å². The molecule has 108 valence electrons. The predicted molar refractivity (Wildman–Crippen MR) is 63.3 cm³/mol. The molecular weight excluding hydrogens is 282 g/mol. The van der Waals surface area contributed by atoms with Gasteiger partial charge in [-0.05, 0) is 22.8 Å². The molecule has 2 aromatic carbocycles. The SMILES string of the molecule is FC(F)(F)C(Cc1cccc2ccccc12)C(F)(F)F. The highest BCUT2D eigenvalue weighted by Crippen LogP contribution is 2.41. The van der Waals surface area contributed by atoms with Gasteiger partial charge in [0.2, 0.25) is 0 Å². The van der Waals surface area contributed by atoms with Crippen LogP contribution in [-0.2, 0) is 6.42 Å². The van der Waals surface area contributed by atoms with Crippen molar-refractivity contribution in [3.05, 3.63) is 48.0 Å². The fraction of sp³-hybridized carbons (Fsp3) is 0.286. The molecule has 0 radical (unpaired) electrons. The van der Waals surface area contributed by atoms with Gasteiger partial charge in [0, 0.05) is 0 Å². The molecule has 0 unspecified atom stereocenters. The van der Waals surface area contributed by atoms with Gasteiger partial charge in [-0.3, -0.25) is 0 Å². The Labute approximate surface area is 111 Å². The zero-order valence-electron chi connectivity index (χ0n) is 10.1. The lowest BCUT2D eigenvalue weighted by Gasteiger charge is -2.23. The van der Waals surface area contributed by atoms with Crippen LogP contribution in [0.4, 0.5) is 26.3 Å². The molecule has 0 saturated carbocycles. The number of benzene rings is 2. The number of hydrogen-bond acceptors (Lipinski definition) is 0. The van der Waals surface area contributed by atoms with Crippen LogP contribution in [0.5, 0.6) is 0 Å². The maximum absolute atomic E-state index is 12.6. The second kappa shape index (κ2) is 5.00. The molecule has 0 nitrogen and oxygen atoms in total. The summed E-state index contributed by atoms with van der Waals surface area (Å²) in [5.74, 6) is -3.35. The van der Waals surface area contributed by atoms with E-state index in [-0.39, 0.29) is 5.56 Å². The molecule has 0 fully saturated rings. The summed E-state index contributed by atoms with van der Waals surface area (Å²) < 4.78 is 75.5. The first-order valence-corrected chi connectivity index (χ1v) is 5.79. The van der Waals surface area contributed by atoms with Gasteiger partial charge in [-0.1, -0.05) is 42.5 Å². The smallest absolute Gasteiger partial charge is 0.170 e. The van der Waals surface area contributed by atoms with Crippen LogP contribution < -0.4 is 0 Å². The standard InChI is InChI=1S/C14H10F6/c15-13(16,17)12(14(18,19)20)8-10-6-3-5-9-4-1-2-7-11(9)10/h1-7,12H,8H2. The van der Waals surface area contributed by atoms with E-state index in [1.807, 2.05) is 0 Å². The molecule has 2 rings (SSSR count). The summed E-state index contributed by atoms with van der Waals surface area (Å²) in [6, 6.07) is 10.8. The molecule has 2 aromatic rings. The van der Waals surface area contributed by atoms with Gasteiger partial charge in [0.25, 0.3) is 0 Å². The quantitative estimate of drug-likeness (QED) is 0.674. The van der Waals surface area contributed by atoms with Gasteiger partial charge in [-0.15, -0.1) is 0 Å². The van der Waals surface area contributed by atoms with Gasteiger partial charge in [-0.25, -0.2) is 0 Å². The van der Waals surface area contributed by atoms with E-state index in [4.69, 9.17) is 0 Å². The number of hydrogen-bond donors (Lipinski definition) is 0. The molecule has 0 aliphatic heterocycles. The van der Waals surface area contributed by atoms with Crippen molar-refractivity contribution in [1.29, 1.82) is 0 Å². The lowest BCUT2D eigenvalue weighted by atomic mass is 9.94. The molecule has 0 amide bonds. The highest BCUT2D eigenvalue weighted by molar-refractivity contribution is 5.85. The Balaban J connectivity index is 2.44. The maximum atomic E-state index is 12.6. The maximum Gasteiger partial charge on any atom is 0.400 e. The van der Waals surface area contributed by atoms with Gasteiger partial charge < -0.3 is 0 Å². The summed E-state index contributed by atoms with van der Waals surface area (Å²) in [4.78, 5) is 0.